The molecule has 0 fully saturated rings. The molecule has 0 amide bonds. The van der Waals surface area contributed by atoms with Crippen molar-refractivity contribution in [3.63, 3.8) is 0 Å². The molecule has 0 aliphatic carbocycles. The van der Waals surface area contributed by atoms with Gasteiger partial charge in [-0.3, -0.25) is 4.79 Å². The summed E-state index contributed by atoms with van der Waals surface area (Å²) in [6, 6.07) is 5.24. The average molecular weight is 265 g/mol. The van der Waals surface area contributed by atoms with Crippen molar-refractivity contribution in [1.82, 2.24) is 0 Å². The van der Waals surface area contributed by atoms with E-state index in [1.807, 2.05) is 25.1 Å². The molecule has 4 heteroatoms. The van der Waals surface area contributed by atoms with Gasteiger partial charge in [0.25, 0.3) is 0 Å². The molecule has 0 saturated heterocycles. The van der Waals surface area contributed by atoms with Crippen molar-refractivity contribution in [2.24, 2.45) is 11.7 Å². The van der Waals surface area contributed by atoms with E-state index >= 15 is 0 Å². The van der Waals surface area contributed by atoms with Crippen molar-refractivity contribution in [3.8, 4) is 5.75 Å². The highest BCUT2D eigenvalue weighted by molar-refractivity contribution is 5.71. The molecule has 4 nitrogen and oxygen atoms in total. The SMILES string of the molecule is CCC(C(=O)O)C(N)c1ccc(C(C)C)cc1OC. The second-order valence-electron chi connectivity index (χ2n) is 5.03. The standard InChI is InChI=1S/C15H23NO3/c1-5-11(15(17)18)14(16)12-7-6-10(9(2)3)8-13(12)19-4/h6-9,11,14H,5,16H2,1-4H3,(H,17,18). The predicted octanol–water partition coefficient (Wildman–Crippen LogP) is 2.93. The maximum absolute atomic E-state index is 11.2. The quantitative estimate of drug-likeness (QED) is 0.829. The fourth-order valence-electron chi connectivity index (χ4n) is 2.16. The van der Waals surface area contributed by atoms with Crippen LogP contribution in [0, 0.1) is 5.92 Å². The second kappa shape index (κ2) is 6.57. The van der Waals surface area contributed by atoms with E-state index < -0.39 is 17.9 Å². The molecule has 0 radical (unpaired) electrons. The highest BCUT2D eigenvalue weighted by atomic mass is 16.5. The predicted molar refractivity (Wildman–Crippen MR) is 75.4 cm³/mol. The number of benzene rings is 1. The van der Waals surface area contributed by atoms with Crippen LogP contribution in [0.3, 0.4) is 0 Å². The molecule has 0 aliphatic heterocycles. The number of nitrogens with two attached hydrogens (primary N) is 1. The first kappa shape index (κ1) is 15.5. The Bertz CT molecular complexity index is 443. The molecule has 1 rings (SSSR count). The van der Waals surface area contributed by atoms with E-state index in [9.17, 15) is 9.90 Å². The molecule has 106 valence electrons. The molecule has 2 atom stereocenters. The van der Waals surface area contributed by atoms with Gasteiger partial charge in [-0.2, -0.15) is 0 Å². The van der Waals surface area contributed by atoms with Gasteiger partial charge in [-0.05, 0) is 24.0 Å². The minimum atomic E-state index is -0.870. The Hall–Kier alpha value is -1.55. The Morgan fingerprint density at radius 3 is 2.47 bits per heavy atom. The van der Waals surface area contributed by atoms with E-state index in [0.717, 1.165) is 11.1 Å². The van der Waals surface area contributed by atoms with Crippen LogP contribution in [0.25, 0.3) is 0 Å². The summed E-state index contributed by atoms with van der Waals surface area (Å²) >= 11 is 0. The molecule has 3 N–H and O–H groups in total. The van der Waals surface area contributed by atoms with Gasteiger partial charge in [0.2, 0.25) is 0 Å². The van der Waals surface area contributed by atoms with Crippen LogP contribution >= 0.6 is 0 Å². The molecule has 0 aromatic heterocycles. The van der Waals surface area contributed by atoms with Gasteiger partial charge in [-0.15, -0.1) is 0 Å². The van der Waals surface area contributed by atoms with Crippen molar-refractivity contribution in [2.45, 2.75) is 39.2 Å². The van der Waals surface area contributed by atoms with Crippen LogP contribution in [-0.2, 0) is 4.79 Å². The lowest BCUT2D eigenvalue weighted by molar-refractivity contribution is -0.142. The first-order chi connectivity index (χ1) is 8.92. The van der Waals surface area contributed by atoms with Crippen molar-refractivity contribution in [2.75, 3.05) is 7.11 Å². The van der Waals surface area contributed by atoms with Crippen LogP contribution in [0.1, 0.15) is 50.3 Å². The summed E-state index contributed by atoms with van der Waals surface area (Å²) in [7, 11) is 1.58. The van der Waals surface area contributed by atoms with Gasteiger partial charge < -0.3 is 15.6 Å². The van der Waals surface area contributed by atoms with Crippen LogP contribution in [0.15, 0.2) is 18.2 Å². The summed E-state index contributed by atoms with van der Waals surface area (Å²) in [5.74, 6) is -0.414. The van der Waals surface area contributed by atoms with E-state index in [2.05, 4.69) is 13.8 Å². The van der Waals surface area contributed by atoms with E-state index in [4.69, 9.17) is 10.5 Å². The molecule has 1 aromatic carbocycles. The van der Waals surface area contributed by atoms with Crippen LogP contribution in [-0.4, -0.2) is 18.2 Å². The Balaban J connectivity index is 3.15. The molecular formula is C15H23NO3. The number of rotatable bonds is 6. The largest absolute Gasteiger partial charge is 0.496 e. The van der Waals surface area contributed by atoms with Gasteiger partial charge in [0.15, 0.2) is 0 Å². The fourth-order valence-corrected chi connectivity index (χ4v) is 2.16. The van der Waals surface area contributed by atoms with Gasteiger partial charge in [0.1, 0.15) is 5.75 Å². The lowest BCUT2D eigenvalue weighted by atomic mass is 9.89. The smallest absolute Gasteiger partial charge is 0.308 e. The highest BCUT2D eigenvalue weighted by Gasteiger charge is 2.27. The van der Waals surface area contributed by atoms with E-state index in [1.54, 1.807) is 7.11 Å². The van der Waals surface area contributed by atoms with Crippen molar-refractivity contribution >= 4 is 5.97 Å². The van der Waals surface area contributed by atoms with E-state index in [1.165, 1.54) is 0 Å². The monoisotopic (exact) mass is 265 g/mol. The van der Waals surface area contributed by atoms with Crippen LogP contribution in [0.2, 0.25) is 0 Å². The highest BCUT2D eigenvalue weighted by Crippen LogP contribution is 2.32. The maximum atomic E-state index is 11.2. The molecule has 2 unspecified atom stereocenters. The molecular weight excluding hydrogens is 242 g/mol. The maximum Gasteiger partial charge on any atom is 0.308 e. The zero-order valence-corrected chi connectivity index (χ0v) is 12.0. The molecule has 0 spiro atoms. The Labute approximate surface area is 114 Å². The zero-order chi connectivity index (χ0) is 14.6. The van der Waals surface area contributed by atoms with E-state index in [-0.39, 0.29) is 0 Å². The van der Waals surface area contributed by atoms with Crippen LogP contribution in [0.5, 0.6) is 5.75 Å². The van der Waals surface area contributed by atoms with Crippen molar-refractivity contribution in [3.05, 3.63) is 29.3 Å². The van der Waals surface area contributed by atoms with Gasteiger partial charge in [0, 0.05) is 11.6 Å². The molecule has 19 heavy (non-hydrogen) atoms. The number of carbonyl (C=O) groups is 1. The van der Waals surface area contributed by atoms with Crippen molar-refractivity contribution in [1.29, 1.82) is 0 Å². The van der Waals surface area contributed by atoms with E-state index in [0.29, 0.717) is 18.1 Å². The minimum Gasteiger partial charge on any atom is -0.496 e. The minimum absolute atomic E-state index is 0.389. The van der Waals surface area contributed by atoms with Crippen LogP contribution < -0.4 is 10.5 Å². The third-order valence-electron chi connectivity index (χ3n) is 3.47. The number of aliphatic carboxylic acids is 1. The topological polar surface area (TPSA) is 72.5 Å². The summed E-state index contributed by atoms with van der Waals surface area (Å²) in [6.45, 7) is 6.02. The molecule has 1 aromatic rings. The Morgan fingerprint density at radius 1 is 1.42 bits per heavy atom. The van der Waals surface area contributed by atoms with Gasteiger partial charge in [0.05, 0.1) is 13.0 Å². The Morgan fingerprint density at radius 2 is 2.05 bits per heavy atom. The number of ether oxygens (including phenoxy) is 1. The molecule has 0 bridgehead atoms. The first-order valence-electron chi connectivity index (χ1n) is 6.58. The summed E-state index contributed by atoms with van der Waals surface area (Å²) in [4.78, 5) is 11.2. The Kier molecular flexibility index (Phi) is 5.36. The summed E-state index contributed by atoms with van der Waals surface area (Å²) < 4.78 is 5.36. The van der Waals surface area contributed by atoms with Crippen LogP contribution in [0.4, 0.5) is 0 Å². The number of methoxy groups -OCH3 is 1. The number of hydrogen-bond donors (Lipinski definition) is 2. The second-order valence-corrected chi connectivity index (χ2v) is 5.03. The number of hydrogen-bond acceptors (Lipinski definition) is 3. The third kappa shape index (κ3) is 3.47. The lowest BCUT2D eigenvalue weighted by Crippen LogP contribution is -2.28. The van der Waals surface area contributed by atoms with Crippen molar-refractivity contribution < 1.29 is 14.6 Å². The number of carboxylic acids is 1. The lowest BCUT2D eigenvalue weighted by Gasteiger charge is -2.22. The first-order valence-corrected chi connectivity index (χ1v) is 6.58. The number of carboxylic acid groups (broad SMARTS) is 1. The molecule has 0 saturated carbocycles. The van der Waals surface area contributed by atoms with Gasteiger partial charge >= 0.3 is 5.97 Å². The molecule has 0 aliphatic rings. The average Bonchev–Trinajstić information content (AvgIpc) is 2.37. The summed E-state index contributed by atoms with van der Waals surface area (Å²) in [5, 5.41) is 9.19. The summed E-state index contributed by atoms with van der Waals surface area (Å²) in [6.07, 6.45) is 0.492. The third-order valence-corrected chi connectivity index (χ3v) is 3.47. The normalized spacial score (nSPS) is 14.2. The summed E-state index contributed by atoms with van der Waals surface area (Å²) in [5.41, 5.74) is 7.99. The van der Waals surface area contributed by atoms with Gasteiger partial charge in [-0.25, -0.2) is 0 Å². The molecule has 0 heterocycles. The van der Waals surface area contributed by atoms with Gasteiger partial charge in [-0.1, -0.05) is 32.9 Å². The zero-order valence-electron chi connectivity index (χ0n) is 12.0. The fraction of sp³-hybridized carbons (Fsp3) is 0.533.